The number of hydrogen-bond donors (Lipinski definition) is 2. The molecule has 0 fully saturated rings. The van der Waals surface area contributed by atoms with Crippen LogP contribution in [0.1, 0.15) is 17.1 Å². The maximum absolute atomic E-state index is 5.89. The summed E-state index contributed by atoms with van der Waals surface area (Å²) in [6.45, 7) is 4.32. The fourth-order valence-corrected chi connectivity index (χ4v) is 2.20. The average Bonchev–Trinajstić information content (AvgIpc) is 2.91. The van der Waals surface area contributed by atoms with Crippen LogP contribution in [-0.2, 0) is 6.54 Å². The smallest absolute Gasteiger partial charge is 0.175 e. The Kier molecular flexibility index (Phi) is 4.43. The zero-order chi connectivity index (χ0) is 16.2. The van der Waals surface area contributed by atoms with Gasteiger partial charge in [-0.2, -0.15) is 0 Å². The van der Waals surface area contributed by atoms with Crippen molar-refractivity contribution in [2.75, 3.05) is 10.6 Å². The molecule has 2 aromatic heterocycles. The number of aromatic nitrogens is 3. The standard InChI is InChI=1S/C16H16ClN5O/c1-10-7-16(22-23-10)21-15-8-14(19-11(2)20-15)18-9-12-3-5-13(17)6-4-12/h3-8H,9H2,1-2H3,(H2,18,19,20,21,22). The first-order chi connectivity index (χ1) is 11.1. The van der Waals surface area contributed by atoms with Crippen LogP contribution in [0.15, 0.2) is 40.9 Å². The molecular weight excluding hydrogens is 314 g/mol. The van der Waals surface area contributed by atoms with Crippen molar-refractivity contribution in [1.29, 1.82) is 0 Å². The molecule has 3 rings (SSSR count). The number of aryl methyl sites for hydroxylation is 2. The summed E-state index contributed by atoms with van der Waals surface area (Å²) in [6, 6.07) is 11.3. The molecule has 23 heavy (non-hydrogen) atoms. The van der Waals surface area contributed by atoms with Crippen molar-refractivity contribution in [1.82, 2.24) is 15.1 Å². The summed E-state index contributed by atoms with van der Waals surface area (Å²) >= 11 is 5.89. The predicted octanol–water partition coefficient (Wildman–Crippen LogP) is 4.09. The number of hydrogen-bond acceptors (Lipinski definition) is 6. The lowest BCUT2D eigenvalue weighted by Crippen LogP contribution is -2.05. The van der Waals surface area contributed by atoms with Gasteiger partial charge in [0.15, 0.2) is 5.82 Å². The van der Waals surface area contributed by atoms with E-state index in [0.29, 0.717) is 24.0 Å². The van der Waals surface area contributed by atoms with Gasteiger partial charge in [0, 0.05) is 23.7 Å². The van der Waals surface area contributed by atoms with E-state index in [1.807, 2.05) is 44.2 Å². The Bertz CT molecular complexity index is 800. The van der Waals surface area contributed by atoms with Crippen LogP contribution >= 0.6 is 11.6 Å². The van der Waals surface area contributed by atoms with Crippen LogP contribution in [0.4, 0.5) is 17.5 Å². The summed E-state index contributed by atoms with van der Waals surface area (Å²) in [7, 11) is 0. The Morgan fingerprint density at radius 3 is 2.43 bits per heavy atom. The van der Waals surface area contributed by atoms with Gasteiger partial charge in [-0.3, -0.25) is 0 Å². The molecule has 0 aliphatic heterocycles. The number of halogens is 1. The summed E-state index contributed by atoms with van der Waals surface area (Å²) in [5.74, 6) is 3.40. The molecule has 0 aliphatic rings. The van der Waals surface area contributed by atoms with E-state index in [0.717, 1.165) is 22.2 Å². The van der Waals surface area contributed by atoms with E-state index < -0.39 is 0 Å². The number of rotatable bonds is 5. The van der Waals surface area contributed by atoms with Gasteiger partial charge in [0.1, 0.15) is 23.2 Å². The molecule has 3 aromatic rings. The van der Waals surface area contributed by atoms with E-state index in [1.54, 1.807) is 6.07 Å². The highest BCUT2D eigenvalue weighted by atomic mass is 35.5. The zero-order valence-electron chi connectivity index (χ0n) is 12.8. The lowest BCUT2D eigenvalue weighted by atomic mass is 10.2. The van der Waals surface area contributed by atoms with Crippen LogP contribution in [0.3, 0.4) is 0 Å². The molecule has 0 saturated carbocycles. The molecule has 0 saturated heterocycles. The van der Waals surface area contributed by atoms with Crippen LogP contribution < -0.4 is 10.6 Å². The molecule has 7 heteroatoms. The number of benzene rings is 1. The minimum atomic E-state index is 0.615. The third-order valence-corrected chi connectivity index (χ3v) is 3.36. The van der Waals surface area contributed by atoms with Gasteiger partial charge in [0.05, 0.1) is 0 Å². The van der Waals surface area contributed by atoms with E-state index >= 15 is 0 Å². The van der Waals surface area contributed by atoms with Crippen LogP contribution in [0.2, 0.25) is 5.02 Å². The normalized spacial score (nSPS) is 10.6. The number of anilines is 3. The van der Waals surface area contributed by atoms with Gasteiger partial charge in [0.25, 0.3) is 0 Å². The van der Waals surface area contributed by atoms with Crippen molar-refractivity contribution in [3.63, 3.8) is 0 Å². The third kappa shape index (κ3) is 4.20. The second kappa shape index (κ2) is 6.66. The lowest BCUT2D eigenvalue weighted by Gasteiger charge is -2.09. The Morgan fingerprint density at radius 1 is 1.00 bits per heavy atom. The second-order valence-corrected chi connectivity index (χ2v) is 5.55. The topological polar surface area (TPSA) is 75.9 Å². The first-order valence-corrected chi connectivity index (χ1v) is 7.50. The van der Waals surface area contributed by atoms with Gasteiger partial charge in [0.2, 0.25) is 0 Å². The minimum absolute atomic E-state index is 0.615. The van der Waals surface area contributed by atoms with E-state index in [2.05, 4.69) is 25.8 Å². The zero-order valence-corrected chi connectivity index (χ0v) is 13.6. The van der Waals surface area contributed by atoms with Gasteiger partial charge >= 0.3 is 0 Å². The predicted molar refractivity (Wildman–Crippen MR) is 90.1 cm³/mol. The highest BCUT2D eigenvalue weighted by Gasteiger charge is 2.05. The molecule has 2 N–H and O–H groups in total. The third-order valence-electron chi connectivity index (χ3n) is 3.11. The fraction of sp³-hybridized carbons (Fsp3) is 0.188. The van der Waals surface area contributed by atoms with Gasteiger partial charge in [-0.1, -0.05) is 28.9 Å². The van der Waals surface area contributed by atoms with E-state index in [9.17, 15) is 0 Å². The molecule has 0 unspecified atom stereocenters. The molecule has 0 amide bonds. The molecule has 118 valence electrons. The largest absolute Gasteiger partial charge is 0.366 e. The number of nitrogens with one attached hydrogen (secondary N) is 2. The van der Waals surface area contributed by atoms with Gasteiger partial charge in [-0.25, -0.2) is 9.97 Å². The molecule has 0 spiro atoms. The molecular formula is C16H16ClN5O. The molecule has 0 bridgehead atoms. The molecule has 6 nitrogen and oxygen atoms in total. The first-order valence-electron chi connectivity index (χ1n) is 7.13. The number of nitrogens with zero attached hydrogens (tertiary/aromatic N) is 3. The van der Waals surface area contributed by atoms with Crippen molar-refractivity contribution in [3.05, 3.63) is 58.6 Å². The van der Waals surface area contributed by atoms with E-state index in [1.165, 1.54) is 0 Å². The lowest BCUT2D eigenvalue weighted by molar-refractivity contribution is 0.400. The minimum Gasteiger partial charge on any atom is -0.366 e. The maximum Gasteiger partial charge on any atom is 0.175 e. The van der Waals surface area contributed by atoms with Crippen LogP contribution in [0, 0.1) is 13.8 Å². The molecule has 2 heterocycles. The van der Waals surface area contributed by atoms with Gasteiger partial charge in [-0.15, -0.1) is 0 Å². The SMILES string of the molecule is Cc1nc(NCc2ccc(Cl)cc2)cc(Nc2cc(C)on2)n1. The summed E-state index contributed by atoms with van der Waals surface area (Å²) in [5, 5.41) is 11.0. The van der Waals surface area contributed by atoms with Crippen molar-refractivity contribution in [2.24, 2.45) is 0 Å². The average molecular weight is 330 g/mol. The highest BCUT2D eigenvalue weighted by Crippen LogP contribution is 2.18. The Labute approximate surface area is 138 Å². The summed E-state index contributed by atoms with van der Waals surface area (Å²) in [5.41, 5.74) is 1.12. The van der Waals surface area contributed by atoms with Crippen molar-refractivity contribution in [3.8, 4) is 0 Å². The van der Waals surface area contributed by atoms with Gasteiger partial charge in [-0.05, 0) is 31.5 Å². The van der Waals surface area contributed by atoms with Crippen molar-refractivity contribution in [2.45, 2.75) is 20.4 Å². The van der Waals surface area contributed by atoms with Crippen LogP contribution in [-0.4, -0.2) is 15.1 Å². The van der Waals surface area contributed by atoms with E-state index in [-0.39, 0.29) is 0 Å². The van der Waals surface area contributed by atoms with Crippen molar-refractivity contribution < 1.29 is 4.52 Å². The summed E-state index contributed by atoms with van der Waals surface area (Å²) < 4.78 is 5.03. The quantitative estimate of drug-likeness (QED) is 0.734. The summed E-state index contributed by atoms with van der Waals surface area (Å²) in [4.78, 5) is 8.72. The molecule has 0 aliphatic carbocycles. The fourth-order valence-electron chi connectivity index (χ4n) is 2.07. The van der Waals surface area contributed by atoms with Crippen molar-refractivity contribution >= 4 is 29.1 Å². The molecule has 0 radical (unpaired) electrons. The van der Waals surface area contributed by atoms with Gasteiger partial charge < -0.3 is 15.2 Å². The first kappa shape index (κ1) is 15.3. The Morgan fingerprint density at radius 2 is 1.74 bits per heavy atom. The monoisotopic (exact) mass is 329 g/mol. The van der Waals surface area contributed by atoms with Crippen LogP contribution in [0.25, 0.3) is 0 Å². The maximum atomic E-state index is 5.89. The molecule has 1 aromatic carbocycles. The van der Waals surface area contributed by atoms with E-state index in [4.69, 9.17) is 16.1 Å². The Hall–Kier alpha value is -2.60. The second-order valence-electron chi connectivity index (χ2n) is 5.11. The van der Waals surface area contributed by atoms with Crippen LogP contribution in [0.5, 0.6) is 0 Å². The Balaban J connectivity index is 1.70. The molecule has 0 atom stereocenters. The highest BCUT2D eigenvalue weighted by molar-refractivity contribution is 6.30. The summed E-state index contributed by atoms with van der Waals surface area (Å²) in [6.07, 6.45) is 0.